The molecule has 3 heterocycles. The van der Waals surface area contributed by atoms with Crippen LogP contribution in [0.4, 0.5) is 0 Å². The molecule has 2 N–H and O–H groups in total. The first-order valence-corrected chi connectivity index (χ1v) is 11.0. The van der Waals surface area contributed by atoms with Crippen LogP contribution in [-0.4, -0.2) is 45.1 Å². The monoisotopic (exact) mass is 399 g/mol. The molecular formula is C22H29N3O4. The number of amides is 2. The number of aliphatic hydroxyl groups is 1. The van der Waals surface area contributed by atoms with Crippen molar-refractivity contribution >= 4 is 11.8 Å². The van der Waals surface area contributed by atoms with Crippen LogP contribution in [0, 0.1) is 17.8 Å². The Kier molecular flexibility index (Phi) is 4.73. The summed E-state index contributed by atoms with van der Waals surface area (Å²) in [4.78, 5) is 40.9. The molecule has 156 valence electrons. The van der Waals surface area contributed by atoms with Crippen molar-refractivity contribution < 1.29 is 14.7 Å². The van der Waals surface area contributed by atoms with Crippen LogP contribution in [0.15, 0.2) is 23.0 Å². The zero-order valence-corrected chi connectivity index (χ0v) is 16.6. The highest BCUT2D eigenvalue weighted by molar-refractivity contribution is 5.84. The van der Waals surface area contributed by atoms with Crippen molar-refractivity contribution in [2.24, 2.45) is 17.8 Å². The van der Waals surface area contributed by atoms with Crippen LogP contribution in [-0.2, 0) is 16.1 Å². The topological polar surface area (TPSA) is 91.6 Å². The van der Waals surface area contributed by atoms with E-state index in [1.165, 1.54) is 6.07 Å². The first-order valence-electron chi connectivity index (χ1n) is 11.0. The summed E-state index contributed by atoms with van der Waals surface area (Å²) in [5, 5.41) is 13.4. The maximum Gasteiger partial charge on any atom is 0.250 e. The van der Waals surface area contributed by atoms with Gasteiger partial charge < -0.3 is 19.9 Å². The van der Waals surface area contributed by atoms with Gasteiger partial charge in [0.2, 0.25) is 11.8 Å². The summed E-state index contributed by atoms with van der Waals surface area (Å²) in [7, 11) is 0. The van der Waals surface area contributed by atoms with Gasteiger partial charge in [-0.25, -0.2) is 0 Å². The van der Waals surface area contributed by atoms with Gasteiger partial charge in [0.1, 0.15) is 0 Å². The van der Waals surface area contributed by atoms with Gasteiger partial charge in [0, 0.05) is 43.3 Å². The minimum Gasteiger partial charge on any atom is -0.396 e. The number of fused-ring (bicyclic) bond motifs is 4. The first-order chi connectivity index (χ1) is 14.1. The van der Waals surface area contributed by atoms with Crippen molar-refractivity contribution in [1.82, 2.24) is 14.8 Å². The fraction of sp³-hybridized carbons (Fsp3) is 0.682. The zero-order valence-electron chi connectivity index (χ0n) is 16.6. The van der Waals surface area contributed by atoms with E-state index in [4.69, 9.17) is 0 Å². The third-order valence-electron chi connectivity index (χ3n) is 7.37. The Balaban J connectivity index is 1.53. The standard InChI is InChI=1S/C22H29N3O4/c26-12-15-17-11-24-16(6-3-7-18(24)27)21(25(17)19(28)10-13-8-9-13)20(15)22(29)23-14-4-1-2-5-14/h3,6-7,13-15,17,20-21,26H,1-2,4-5,8-12H2,(H,23,29)/t15-,17-,20+,21+/m0/s1. The van der Waals surface area contributed by atoms with Gasteiger partial charge in [-0.15, -0.1) is 0 Å². The van der Waals surface area contributed by atoms with E-state index in [1.807, 2.05) is 11.0 Å². The number of pyridine rings is 1. The van der Waals surface area contributed by atoms with Crippen LogP contribution in [0.2, 0.25) is 0 Å². The lowest BCUT2D eigenvalue weighted by molar-refractivity contribution is -0.137. The van der Waals surface area contributed by atoms with Crippen molar-refractivity contribution in [3.8, 4) is 0 Å². The predicted octanol–water partition coefficient (Wildman–Crippen LogP) is 1.20. The Morgan fingerprint density at radius 2 is 1.90 bits per heavy atom. The number of hydrogen-bond acceptors (Lipinski definition) is 4. The van der Waals surface area contributed by atoms with E-state index in [0.717, 1.165) is 44.2 Å². The van der Waals surface area contributed by atoms with Crippen molar-refractivity contribution in [1.29, 1.82) is 0 Å². The molecule has 5 rings (SSSR count). The van der Waals surface area contributed by atoms with Crippen molar-refractivity contribution in [2.75, 3.05) is 6.61 Å². The Hall–Kier alpha value is -2.15. The van der Waals surface area contributed by atoms with Gasteiger partial charge in [0.25, 0.3) is 5.56 Å². The molecule has 2 aliphatic carbocycles. The average Bonchev–Trinajstić information content (AvgIpc) is 3.29. The molecule has 3 fully saturated rings. The minimum atomic E-state index is -0.524. The number of aromatic nitrogens is 1. The Morgan fingerprint density at radius 3 is 2.59 bits per heavy atom. The molecule has 0 aromatic carbocycles. The van der Waals surface area contributed by atoms with E-state index in [0.29, 0.717) is 18.9 Å². The van der Waals surface area contributed by atoms with Crippen molar-refractivity contribution in [2.45, 2.75) is 69.6 Å². The smallest absolute Gasteiger partial charge is 0.250 e. The van der Waals surface area contributed by atoms with Gasteiger partial charge in [0.05, 0.1) is 18.0 Å². The van der Waals surface area contributed by atoms with Crippen LogP contribution in [0.25, 0.3) is 0 Å². The maximum absolute atomic E-state index is 13.4. The largest absolute Gasteiger partial charge is 0.396 e. The SMILES string of the molecule is O=C(NC1CCCC1)[C@@H]1[C@@H](CO)[C@@H]2Cn3c(cccc3=O)[C@H]1N2C(=O)CC1CC1. The quantitative estimate of drug-likeness (QED) is 0.778. The number of hydrogen-bond donors (Lipinski definition) is 2. The van der Waals surface area contributed by atoms with Gasteiger partial charge in [-0.1, -0.05) is 18.9 Å². The molecule has 2 aliphatic heterocycles. The molecule has 29 heavy (non-hydrogen) atoms. The van der Waals surface area contributed by atoms with Gasteiger partial charge in [-0.2, -0.15) is 0 Å². The molecule has 7 nitrogen and oxygen atoms in total. The number of nitrogens with zero attached hydrogens (tertiary/aromatic N) is 2. The number of nitrogens with one attached hydrogen (secondary N) is 1. The van der Waals surface area contributed by atoms with Crippen LogP contribution in [0.1, 0.15) is 56.7 Å². The van der Waals surface area contributed by atoms with Gasteiger partial charge in [0.15, 0.2) is 0 Å². The third-order valence-corrected chi connectivity index (χ3v) is 7.37. The highest BCUT2D eigenvalue weighted by Gasteiger charge is 2.57. The van der Waals surface area contributed by atoms with Crippen LogP contribution < -0.4 is 10.9 Å². The lowest BCUT2D eigenvalue weighted by atomic mass is 9.86. The summed E-state index contributed by atoms with van der Waals surface area (Å²) in [5.74, 6) is -0.467. The van der Waals surface area contributed by atoms with E-state index in [2.05, 4.69) is 5.32 Å². The van der Waals surface area contributed by atoms with Crippen LogP contribution in [0.3, 0.4) is 0 Å². The molecule has 2 bridgehead atoms. The molecule has 1 saturated heterocycles. The Labute approximate surface area is 170 Å². The molecule has 1 aromatic rings. The molecule has 2 amide bonds. The van der Waals surface area contributed by atoms with E-state index in [-0.39, 0.29) is 42.0 Å². The van der Waals surface area contributed by atoms with Crippen molar-refractivity contribution in [3.05, 3.63) is 34.2 Å². The normalized spacial score (nSPS) is 31.0. The van der Waals surface area contributed by atoms with E-state index >= 15 is 0 Å². The molecule has 2 saturated carbocycles. The van der Waals surface area contributed by atoms with Gasteiger partial charge in [-0.05, 0) is 37.7 Å². The van der Waals surface area contributed by atoms with E-state index in [1.54, 1.807) is 10.6 Å². The summed E-state index contributed by atoms with van der Waals surface area (Å²) in [5.41, 5.74) is 0.612. The molecule has 4 atom stereocenters. The third kappa shape index (κ3) is 3.19. The van der Waals surface area contributed by atoms with Gasteiger partial charge >= 0.3 is 0 Å². The second kappa shape index (κ2) is 7.27. The number of carbonyl (C=O) groups is 2. The zero-order chi connectivity index (χ0) is 20.1. The lowest BCUT2D eigenvalue weighted by Gasteiger charge is -2.38. The Bertz CT molecular complexity index is 871. The van der Waals surface area contributed by atoms with Gasteiger partial charge in [-0.3, -0.25) is 14.4 Å². The summed E-state index contributed by atoms with van der Waals surface area (Å²) >= 11 is 0. The molecule has 0 spiro atoms. The summed E-state index contributed by atoms with van der Waals surface area (Å²) in [6.45, 7) is 0.181. The minimum absolute atomic E-state index is 0.0552. The molecule has 7 heteroatoms. The molecule has 1 aromatic heterocycles. The van der Waals surface area contributed by atoms with Crippen LogP contribution >= 0.6 is 0 Å². The second-order valence-electron chi connectivity index (χ2n) is 9.22. The molecule has 0 radical (unpaired) electrons. The maximum atomic E-state index is 13.4. The highest BCUT2D eigenvalue weighted by Crippen LogP contribution is 2.49. The Morgan fingerprint density at radius 1 is 1.14 bits per heavy atom. The molecule has 0 unspecified atom stereocenters. The summed E-state index contributed by atoms with van der Waals surface area (Å²) < 4.78 is 1.70. The average molecular weight is 399 g/mol. The fourth-order valence-electron chi connectivity index (χ4n) is 5.74. The molecular weight excluding hydrogens is 370 g/mol. The number of rotatable bonds is 5. The van der Waals surface area contributed by atoms with Crippen LogP contribution in [0.5, 0.6) is 0 Å². The number of aliphatic hydroxyl groups excluding tert-OH is 1. The fourth-order valence-corrected chi connectivity index (χ4v) is 5.74. The lowest BCUT2D eigenvalue weighted by Crippen LogP contribution is -2.49. The second-order valence-corrected chi connectivity index (χ2v) is 9.22. The summed E-state index contributed by atoms with van der Waals surface area (Å²) in [6.07, 6.45) is 6.87. The van der Waals surface area contributed by atoms with E-state index in [9.17, 15) is 19.5 Å². The summed E-state index contributed by atoms with van der Waals surface area (Å²) in [6, 6.07) is 4.46. The molecule has 4 aliphatic rings. The predicted molar refractivity (Wildman–Crippen MR) is 106 cm³/mol. The highest BCUT2D eigenvalue weighted by atomic mass is 16.3. The van der Waals surface area contributed by atoms with E-state index < -0.39 is 12.0 Å². The van der Waals surface area contributed by atoms with Crippen molar-refractivity contribution in [3.63, 3.8) is 0 Å². The first kappa shape index (κ1) is 18.9. The number of carbonyl (C=O) groups excluding carboxylic acids is 2.